The number of carbonyl (C=O) groups is 1. The largest absolute Gasteiger partial charge is 0.480 e. The molecule has 1 aliphatic heterocycles. The minimum absolute atomic E-state index is 0.530. The highest BCUT2D eigenvalue weighted by Gasteiger charge is 2.29. The first-order valence-corrected chi connectivity index (χ1v) is 4.03. The van der Waals surface area contributed by atoms with Crippen LogP contribution in [0.25, 0.3) is 0 Å². The topological polar surface area (TPSA) is 68.0 Å². The number of carboxylic acids is 1. The fourth-order valence-corrected chi connectivity index (χ4v) is 1.99. The van der Waals surface area contributed by atoms with E-state index >= 15 is 0 Å². The molecule has 0 radical (unpaired) electrons. The maximum Gasteiger partial charge on any atom is 0.329 e. The lowest BCUT2D eigenvalue weighted by molar-refractivity contribution is -0.140. The third kappa shape index (κ3) is 0.900. The Morgan fingerprint density at radius 1 is 1.91 bits per heavy atom. The Labute approximate surface area is 66.4 Å². The van der Waals surface area contributed by atoms with Crippen molar-refractivity contribution in [1.29, 1.82) is 0 Å². The Bertz CT molecular complexity index is 298. The number of hydrogen-bond acceptors (Lipinski definition) is 4. The molecule has 2 rings (SSSR count). The van der Waals surface area contributed by atoms with Crippen LogP contribution in [0.3, 0.4) is 0 Å². The fraction of sp³-hybridized carbons (Fsp3) is 0.400. The van der Waals surface area contributed by atoms with E-state index in [-0.39, 0.29) is 0 Å². The van der Waals surface area contributed by atoms with Crippen molar-refractivity contribution in [2.45, 2.75) is 11.1 Å². The Hall–Kier alpha value is -1.04. The minimum atomic E-state index is -0.846. The van der Waals surface area contributed by atoms with Crippen LogP contribution in [-0.4, -0.2) is 31.8 Å². The van der Waals surface area contributed by atoms with Crippen molar-refractivity contribution in [2.24, 2.45) is 0 Å². The summed E-state index contributed by atoms with van der Waals surface area (Å²) in [5, 5.41) is 16.8. The van der Waals surface area contributed by atoms with E-state index in [0.29, 0.717) is 5.75 Å². The standard InChI is InChI=1S/C5H5N3O2S/c9-5(10)3-2-11-4-1-6-7-8(3)4/h1,3H,2H2,(H,9,10). The summed E-state index contributed by atoms with van der Waals surface area (Å²) in [6, 6.07) is -0.530. The lowest BCUT2D eigenvalue weighted by Crippen LogP contribution is -2.18. The first-order chi connectivity index (χ1) is 5.29. The van der Waals surface area contributed by atoms with Crippen LogP contribution in [0, 0.1) is 0 Å². The highest BCUT2D eigenvalue weighted by Crippen LogP contribution is 2.31. The van der Waals surface area contributed by atoms with Gasteiger partial charge in [0.1, 0.15) is 5.03 Å². The molecule has 0 saturated carbocycles. The molecule has 58 valence electrons. The zero-order chi connectivity index (χ0) is 7.84. The van der Waals surface area contributed by atoms with Crippen LogP contribution < -0.4 is 0 Å². The first kappa shape index (κ1) is 6.66. The van der Waals surface area contributed by atoms with E-state index in [1.54, 1.807) is 6.20 Å². The lowest BCUT2D eigenvalue weighted by atomic mass is 10.3. The summed E-state index contributed by atoms with van der Waals surface area (Å²) < 4.78 is 1.44. The predicted molar refractivity (Wildman–Crippen MR) is 37.4 cm³/mol. The summed E-state index contributed by atoms with van der Waals surface area (Å²) in [5.41, 5.74) is 0. The van der Waals surface area contributed by atoms with Gasteiger partial charge in [-0.1, -0.05) is 5.21 Å². The molecule has 1 aliphatic rings. The van der Waals surface area contributed by atoms with E-state index in [1.165, 1.54) is 16.4 Å². The van der Waals surface area contributed by atoms with Gasteiger partial charge in [-0.15, -0.1) is 16.9 Å². The normalized spacial score (nSPS) is 21.6. The molecule has 5 nitrogen and oxygen atoms in total. The molecule has 0 spiro atoms. The Morgan fingerprint density at radius 3 is 3.45 bits per heavy atom. The van der Waals surface area contributed by atoms with E-state index < -0.39 is 12.0 Å². The van der Waals surface area contributed by atoms with E-state index in [2.05, 4.69) is 10.3 Å². The van der Waals surface area contributed by atoms with Gasteiger partial charge in [0.05, 0.1) is 6.20 Å². The van der Waals surface area contributed by atoms with Gasteiger partial charge in [-0.2, -0.15) is 0 Å². The van der Waals surface area contributed by atoms with Crippen LogP contribution in [0.2, 0.25) is 0 Å². The molecule has 0 amide bonds. The van der Waals surface area contributed by atoms with Gasteiger partial charge in [0, 0.05) is 5.75 Å². The summed E-state index contributed by atoms with van der Waals surface area (Å²) in [7, 11) is 0. The zero-order valence-corrected chi connectivity index (χ0v) is 6.28. The van der Waals surface area contributed by atoms with Gasteiger partial charge in [-0.3, -0.25) is 0 Å². The second-order valence-corrected chi connectivity index (χ2v) is 3.22. The number of aliphatic carboxylic acids is 1. The number of carboxylic acid groups (broad SMARTS) is 1. The van der Waals surface area contributed by atoms with Crippen molar-refractivity contribution in [3.8, 4) is 0 Å². The summed E-state index contributed by atoms with van der Waals surface area (Å²) in [6.45, 7) is 0. The second-order valence-electron chi connectivity index (χ2n) is 2.18. The van der Waals surface area contributed by atoms with Gasteiger partial charge in [0.15, 0.2) is 6.04 Å². The average Bonchev–Trinajstić information content (AvgIpc) is 2.41. The van der Waals surface area contributed by atoms with E-state index in [0.717, 1.165) is 5.03 Å². The van der Waals surface area contributed by atoms with Crippen molar-refractivity contribution in [3.05, 3.63) is 6.20 Å². The number of aromatic nitrogens is 3. The predicted octanol–water partition coefficient (Wildman–Crippen LogP) is 0.00950. The molecule has 1 atom stereocenters. The maximum absolute atomic E-state index is 10.6. The van der Waals surface area contributed by atoms with Gasteiger partial charge in [0.2, 0.25) is 0 Å². The third-order valence-corrected chi connectivity index (χ3v) is 2.58. The molecular weight excluding hydrogens is 166 g/mol. The van der Waals surface area contributed by atoms with Crippen molar-refractivity contribution in [2.75, 3.05) is 5.75 Å². The molecule has 0 aliphatic carbocycles. The third-order valence-electron chi connectivity index (χ3n) is 1.51. The number of thioether (sulfide) groups is 1. The quantitative estimate of drug-likeness (QED) is 0.644. The summed E-state index contributed by atoms with van der Waals surface area (Å²) in [4.78, 5) is 10.6. The van der Waals surface area contributed by atoms with Crippen molar-refractivity contribution < 1.29 is 9.90 Å². The van der Waals surface area contributed by atoms with Gasteiger partial charge in [-0.05, 0) is 0 Å². The summed E-state index contributed by atoms with van der Waals surface area (Å²) in [5.74, 6) is -0.290. The van der Waals surface area contributed by atoms with Gasteiger partial charge in [0.25, 0.3) is 0 Å². The number of rotatable bonds is 1. The molecule has 11 heavy (non-hydrogen) atoms. The Morgan fingerprint density at radius 2 is 2.73 bits per heavy atom. The SMILES string of the molecule is O=C(O)C1CSc2cnnn21. The molecule has 0 saturated heterocycles. The number of hydrogen-bond donors (Lipinski definition) is 1. The van der Waals surface area contributed by atoms with Crippen molar-refractivity contribution in [1.82, 2.24) is 15.0 Å². The fourth-order valence-electron chi connectivity index (χ4n) is 0.964. The molecule has 1 aromatic rings. The van der Waals surface area contributed by atoms with Crippen LogP contribution in [-0.2, 0) is 4.79 Å². The molecule has 0 aromatic carbocycles. The van der Waals surface area contributed by atoms with Crippen LogP contribution in [0.15, 0.2) is 11.2 Å². The molecule has 1 N–H and O–H groups in total. The number of nitrogens with zero attached hydrogens (tertiary/aromatic N) is 3. The monoisotopic (exact) mass is 171 g/mol. The van der Waals surface area contributed by atoms with Crippen LogP contribution >= 0.6 is 11.8 Å². The molecule has 0 fully saturated rings. The first-order valence-electron chi connectivity index (χ1n) is 3.05. The highest BCUT2D eigenvalue weighted by molar-refractivity contribution is 7.99. The molecule has 1 unspecified atom stereocenters. The van der Waals surface area contributed by atoms with Crippen LogP contribution in [0.5, 0.6) is 0 Å². The molecule has 0 bridgehead atoms. The highest BCUT2D eigenvalue weighted by atomic mass is 32.2. The lowest BCUT2D eigenvalue weighted by Gasteiger charge is -2.01. The van der Waals surface area contributed by atoms with Gasteiger partial charge in [-0.25, -0.2) is 9.48 Å². The minimum Gasteiger partial charge on any atom is -0.480 e. The Kier molecular flexibility index (Phi) is 1.35. The molecular formula is C5H5N3O2S. The summed E-state index contributed by atoms with van der Waals surface area (Å²) >= 11 is 1.47. The van der Waals surface area contributed by atoms with Crippen molar-refractivity contribution in [3.63, 3.8) is 0 Å². The summed E-state index contributed by atoms with van der Waals surface area (Å²) in [6.07, 6.45) is 1.58. The smallest absolute Gasteiger partial charge is 0.329 e. The van der Waals surface area contributed by atoms with Gasteiger partial charge >= 0.3 is 5.97 Å². The second kappa shape index (κ2) is 2.23. The van der Waals surface area contributed by atoms with Crippen LogP contribution in [0.1, 0.15) is 6.04 Å². The molecule has 1 aromatic heterocycles. The Balaban J connectivity index is 2.38. The maximum atomic E-state index is 10.6. The molecule has 6 heteroatoms. The van der Waals surface area contributed by atoms with E-state index in [1.807, 2.05) is 0 Å². The number of fused-ring (bicyclic) bond motifs is 1. The van der Waals surface area contributed by atoms with E-state index in [9.17, 15) is 4.79 Å². The molecule has 2 heterocycles. The van der Waals surface area contributed by atoms with Crippen molar-refractivity contribution >= 4 is 17.7 Å². The average molecular weight is 171 g/mol. The van der Waals surface area contributed by atoms with E-state index in [4.69, 9.17) is 5.11 Å². The van der Waals surface area contributed by atoms with Gasteiger partial charge < -0.3 is 5.11 Å². The van der Waals surface area contributed by atoms with Crippen LogP contribution in [0.4, 0.5) is 0 Å². The zero-order valence-electron chi connectivity index (χ0n) is 5.47.